The number of aryl methyl sites for hydroxylation is 2. The number of hydrogen-bond acceptors (Lipinski definition) is 5. The molecule has 1 saturated heterocycles. The zero-order valence-electron chi connectivity index (χ0n) is 15.7. The molecule has 1 N–H and O–H groups in total. The highest BCUT2D eigenvalue weighted by Crippen LogP contribution is 2.26. The molecule has 0 amide bonds. The molecule has 0 aliphatic carbocycles. The predicted octanol–water partition coefficient (Wildman–Crippen LogP) is 3.63. The summed E-state index contributed by atoms with van der Waals surface area (Å²) in [6.07, 6.45) is 2.29. The fourth-order valence-corrected chi connectivity index (χ4v) is 3.59. The van der Waals surface area contributed by atoms with Crippen molar-refractivity contribution in [1.82, 2.24) is 14.5 Å². The number of pyridine rings is 1. The fraction of sp³-hybridized carbons (Fsp3) is 0.400. The SMILES string of the molecule is Cc1nc(N2C[C@@H](C)O[C@@H](C)C2)ccc1Nc1ccc2c(c1)ncn2C. The molecule has 2 aromatic heterocycles. The predicted molar refractivity (Wildman–Crippen MR) is 105 cm³/mol. The van der Waals surface area contributed by atoms with Crippen molar-refractivity contribution in [2.45, 2.75) is 33.0 Å². The summed E-state index contributed by atoms with van der Waals surface area (Å²) in [7, 11) is 2.00. The van der Waals surface area contributed by atoms with Crippen molar-refractivity contribution >= 4 is 28.2 Å². The molecule has 0 bridgehead atoms. The normalized spacial score (nSPS) is 20.5. The molecule has 1 aliphatic heterocycles. The highest BCUT2D eigenvalue weighted by Gasteiger charge is 2.23. The van der Waals surface area contributed by atoms with Gasteiger partial charge in [-0.05, 0) is 51.1 Å². The Kier molecular flexibility index (Phi) is 4.28. The van der Waals surface area contributed by atoms with Crippen molar-refractivity contribution in [3.63, 3.8) is 0 Å². The molecule has 1 aliphatic rings. The van der Waals surface area contributed by atoms with Crippen molar-refractivity contribution in [3.05, 3.63) is 42.4 Å². The first kappa shape index (κ1) is 16.8. The topological polar surface area (TPSA) is 55.2 Å². The highest BCUT2D eigenvalue weighted by atomic mass is 16.5. The lowest BCUT2D eigenvalue weighted by Crippen LogP contribution is -2.45. The van der Waals surface area contributed by atoms with Gasteiger partial charge in [0.25, 0.3) is 0 Å². The number of anilines is 3. The van der Waals surface area contributed by atoms with Gasteiger partial charge in [-0.3, -0.25) is 0 Å². The maximum absolute atomic E-state index is 5.82. The number of morpholine rings is 1. The number of hydrogen-bond donors (Lipinski definition) is 1. The molecule has 0 saturated carbocycles. The molecule has 6 heteroatoms. The van der Waals surface area contributed by atoms with Crippen molar-refractivity contribution in [3.8, 4) is 0 Å². The van der Waals surface area contributed by atoms with E-state index in [1.165, 1.54) is 0 Å². The lowest BCUT2D eigenvalue weighted by Gasteiger charge is -2.36. The quantitative estimate of drug-likeness (QED) is 0.781. The second kappa shape index (κ2) is 6.61. The number of imidazole rings is 1. The van der Waals surface area contributed by atoms with E-state index in [2.05, 4.69) is 59.4 Å². The van der Waals surface area contributed by atoms with E-state index < -0.39 is 0 Å². The molecule has 6 nitrogen and oxygen atoms in total. The first-order chi connectivity index (χ1) is 12.5. The van der Waals surface area contributed by atoms with Crippen molar-refractivity contribution in [1.29, 1.82) is 0 Å². The molecule has 4 rings (SSSR count). The Hall–Kier alpha value is -2.60. The number of nitrogens with zero attached hydrogens (tertiary/aromatic N) is 4. The van der Waals surface area contributed by atoms with Gasteiger partial charge in [0, 0.05) is 25.8 Å². The Labute approximate surface area is 153 Å². The van der Waals surface area contributed by atoms with Gasteiger partial charge in [-0.15, -0.1) is 0 Å². The van der Waals surface area contributed by atoms with Crippen LogP contribution in [-0.4, -0.2) is 39.8 Å². The van der Waals surface area contributed by atoms with Gasteiger partial charge in [0.05, 0.1) is 40.9 Å². The second-order valence-electron chi connectivity index (χ2n) is 7.15. The molecule has 0 spiro atoms. The van der Waals surface area contributed by atoms with E-state index in [0.717, 1.165) is 47.0 Å². The first-order valence-electron chi connectivity index (χ1n) is 9.06. The molecule has 3 heterocycles. The van der Waals surface area contributed by atoms with Crippen LogP contribution in [0.3, 0.4) is 0 Å². The van der Waals surface area contributed by atoms with E-state index in [0.29, 0.717) is 0 Å². The lowest BCUT2D eigenvalue weighted by atomic mass is 10.2. The fourth-order valence-electron chi connectivity index (χ4n) is 3.59. The van der Waals surface area contributed by atoms with Crippen LogP contribution in [0.5, 0.6) is 0 Å². The van der Waals surface area contributed by atoms with Crippen LogP contribution in [0.15, 0.2) is 36.7 Å². The summed E-state index contributed by atoms with van der Waals surface area (Å²) in [5, 5.41) is 3.47. The van der Waals surface area contributed by atoms with Gasteiger partial charge >= 0.3 is 0 Å². The Morgan fingerprint density at radius 2 is 1.88 bits per heavy atom. The van der Waals surface area contributed by atoms with Gasteiger partial charge in [-0.1, -0.05) is 0 Å². The van der Waals surface area contributed by atoms with Crippen molar-refractivity contribution in [2.75, 3.05) is 23.3 Å². The minimum absolute atomic E-state index is 0.226. The largest absolute Gasteiger partial charge is 0.372 e. The van der Waals surface area contributed by atoms with Crippen LogP contribution in [0.1, 0.15) is 19.5 Å². The molecular weight excluding hydrogens is 326 g/mol. The standard InChI is InChI=1S/C20H25N5O/c1-13-10-25(11-14(2)26-13)20-8-6-17(15(3)22-20)23-16-5-7-19-18(9-16)21-12-24(19)4/h5-9,12-14,23H,10-11H2,1-4H3/t13-,14+. The van der Waals surface area contributed by atoms with Crippen LogP contribution in [0.25, 0.3) is 11.0 Å². The third kappa shape index (κ3) is 3.24. The summed E-state index contributed by atoms with van der Waals surface area (Å²) < 4.78 is 7.84. The number of fused-ring (bicyclic) bond motifs is 1. The molecule has 136 valence electrons. The van der Waals surface area contributed by atoms with Crippen LogP contribution in [-0.2, 0) is 11.8 Å². The summed E-state index contributed by atoms with van der Waals surface area (Å²) >= 11 is 0. The van der Waals surface area contributed by atoms with Crippen LogP contribution in [0.4, 0.5) is 17.2 Å². The van der Waals surface area contributed by atoms with E-state index in [1.807, 2.05) is 24.9 Å². The van der Waals surface area contributed by atoms with Crippen LogP contribution in [0, 0.1) is 6.92 Å². The Morgan fingerprint density at radius 3 is 2.62 bits per heavy atom. The van der Waals surface area contributed by atoms with E-state index in [9.17, 15) is 0 Å². The van der Waals surface area contributed by atoms with E-state index in [4.69, 9.17) is 9.72 Å². The van der Waals surface area contributed by atoms with Gasteiger partial charge in [0.1, 0.15) is 5.82 Å². The van der Waals surface area contributed by atoms with Gasteiger partial charge in [0.2, 0.25) is 0 Å². The van der Waals surface area contributed by atoms with Crippen LogP contribution in [0.2, 0.25) is 0 Å². The van der Waals surface area contributed by atoms with Gasteiger partial charge in [-0.2, -0.15) is 0 Å². The number of aromatic nitrogens is 3. The Balaban J connectivity index is 1.55. The van der Waals surface area contributed by atoms with E-state index in [-0.39, 0.29) is 12.2 Å². The zero-order valence-corrected chi connectivity index (χ0v) is 15.7. The number of ether oxygens (including phenoxy) is 1. The summed E-state index contributed by atoms with van der Waals surface area (Å²) in [4.78, 5) is 11.5. The van der Waals surface area contributed by atoms with Crippen LogP contribution < -0.4 is 10.2 Å². The molecule has 26 heavy (non-hydrogen) atoms. The summed E-state index contributed by atoms with van der Waals surface area (Å²) in [6, 6.07) is 10.4. The van der Waals surface area contributed by atoms with E-state index >= 15 is 0 Å². The van der Waals surface area contributed by atoms with E-state index in [1.54, 1.807) is 0 Å². The van der Waals surface area contributed by atoms with Crippen LogP contribution >= 0.6 is 0 Å². The first-order valence-corrected chi connectivity index (χ1v) is 9.06. The molecule has 2 atom stereocenters. The van der Waals surface area contributed by atoms with Gasteiger partial charge < -0.3 is 19.5 Å². The number of benzene rings is 1. The number of rotatable bonds is 3. The number of nitrogens with one attached hydrogen (secondary N) is 1. The summed E-state index contributed by atoms with van der Waals surface area (Å²) in [6.45, 7) is 8.01. The van der Waals surface area contributed by atoms with Gasteiger partial charge in [0.15, 0.2) is 0 Å². The molecule has 1 aromatic carbocycles. The summed E-state index contributed by atoms with van der Waals surface area (Å²) in [5.74, 6) is 1.01. The smallest absolute Gasteiger partial charge is 0.129 e. The third-order valence-corrected chi connectivity index (χ3v) is 4.82. The molecular formula is C20H25N5O. The second-order valence-corrected chi connectivity index (χ2v) is 7.15. The molecule has 1 fully saturated rings. The highest BCUT2D eigenvalue weighted by molar-refractivity contribution is 5.81. The molecule has 3 aromatic rings. The maximum atomic E-state index is 5.82. The molecule has 0 radical (unpaired) electrons. The zero-order chi connectivity index (χ0) is 18.3. The molecule has 0 unspecified atom stereocenters. The third-order valence-electron chi connectivity index (χ3n) is 4.82. The lowest BCUT2D eigenvalue weighted by molar-refractivity contribution is -0.00546. The Bertz CT molecular complexity index is 925. The van der Waals surface area contributed by atoms with Crippen molar-refractivity contribution < 1.29 is 4.74 Å². The monoisotopic (exact) mass is 351 g/mol. The average molecular weight is 351 g/mol. The maximum Gasteiger partial charge on any atom is 0.129 e. The van der Waals surface area contributed by atoms with Crippen molar-refractivity contribution in [2.24, 2.45) is 7.05 Å². The average Bonchev–Trinajstić information content (AvgIpc) is 2.96. The minimum atomic E-state index is 0.226. The summed E-state index contributed by atoms with van der Waals surface area (Å²) in [5.41, 5.74) is 5.11. The Morgan fingerprint density at radius 1 is 1.12 bits per heavy atom. The minimum Gasteiger partial charge on any atom is -0.372 e. The van der Waals surface area contributed by atoms with Gasteiger partial charge in [-0.25, -0.2) is 9.97 Å².